The lowest BCUT2D eigenvalue weighted by atomic mass is 9.83. The van der Waals surface area contributed by atoms with Gasteiger partial charge in [0.15, 0.2) is 5.69 Å². The van der Waals surface area contributed by atoms with Gasteiger partial charge in [0.25, 0.3) is 5.56 Å². The zero-order valence-corrected chi connectivity index (χ0v) is 13.8. The Balaban J connectivity index is 0.00000169. The number of hydrogen-bond donors (Lipinski definition) is 1. The third kappa shape index (κ3) is 2.78. The predicted octanol–water partition coefficient (Wildman–Crippen LogP) is 1.99. The highest BCUT2D eigenvalue weighted by Crippen LogP contribution is 2.36. The fourth-order valence-electron chi connectivity index (χ4n) is 3.80. The Morgan fingerprint density at radius 2 is 1.92 bits per heavy atom. The lowest BCUT2D eigenvalue weighted by Crippen LogP contribution is -2.47. The quantitative estimate of drug-likeness (QED) is 0.899. The molecule has 2 aliphatic rings. The SMILES string of the molecule is Cl.O=C(O)c1cccc(N2C[C@@H]3C[C@H](C2)c2cccc(=O)n2C3)n1. The van der Waals surface area contributed by atoms with Gasteiger partial charge in [0.2, 0.25) is 0 Å². The monoisotopic (exact) mass is 347 g/mol. The molecule has 1 saturated heterocycles. The molecule has 6 nitrogen and oxygen atoms in total. The largest absolute Gasteiger partial charge is 0.477 e. The molecule has 2 aliphatic heterocycles. The van der Waals surface area contributed by atoms with E-state index < -0.39 is 5.97 Å². The van der Waals surface area contributed by atoms with E-state index in [1.807, 2.05) is 22.8 Å². The number of rotatable bonds is 2. The molecule has 126 valence electrons. The van der Waals surface area contributed by atoms with Crippen LogP contribution in [-0.2, 0) is 6.54 Å². The summed E-state index contributed by atoms with van der Waals surface area (Å²) in [7, 11) is 0. The fraction of sp³-hybridized carbons (Fsp3) is 0.353. The Kier molecular flexibility index (Phi) is 4.32. The first-order chi connectivity index (χ1) is 11.1. The Morgan fingerprint density at radius 3 is 2.71 bits per heavy atom. The summed E-state index contributed by atoms with van der Waals surface area (Å²) in [5.74, 6) is 0.357. The van der Waals surface area contributed by atoms with Gasteiger partial charge in [-0.05, 0) is 30.5 Å². The molecule has 7 heteroatoms. The standard InChI is InChI=1S/C17H17N3O3.ClH/c21-16-6-2-4-14-12-7-11(9-20(14)16)8-19(10-12)15-5-1-3-13(18-15)17(22)23;/h1-6,11-12H,7-10H2,(H,22,23);1H/t11-,12+;/m0./s1. The van der Waals surface area contributed by atoms with Gasteiger partial charge in [-0.25, -0.2) is 9.78 Å². The molecule has 0 aromatic carbocycles. The van der Waals surface area contributed by atoms with Crippen molar-refractivity contribution >= 4 is 24.2 Å². The molecule has 0 saturated carbocycles. The second-order valence-electron chi connectivity index (χ2n) is 6.29. The average molecular weight is 348 g/mol. The van der Waals surface area contributed by atoms with E-state index in [4.69, 9.17) is 5.11 Å². The maximum Gasteiger partial charge on any atom is 0.354 e. The molecule has 2 aromatic rings. The number of nitrogens with zero attached hydrogens (tertiary/aromatic N) is 3. The number of carboxylic acids is 1. The molecule has 0 unspecified atom stereocenters. The summed E-state index contributed by atoms with van der Waals surface area (Å²) in [6.07, 6.45) is 1.07. The van der Waals surface area contributed by atoms with Gasteiger partial charge >= 0.3 is 5.97 Å². The van der Waals surface area contributed by atoms with Gasteiger partial charge in [-0.15, -0.1) is 12.4 Å². The molecule has 24 heavy (non-hydrogen) atoms. The summed E-state index contributed by atoms with van der Waals surface area (Å²) in [6.45, 7) is 2.28. The molecule has 2 aromatic heterocycles. The maximum absolute atomic E-state index is 12.0. The number of pyridine rings is 2. The van der Waals surface area contributed by atoms with Crippen LogP contribution in [0.15, 0.2) is 41.2 Å². The summed E-state index contributed by atoms with van der Waals surface area (Å²) in [4.78, 5) is 29.6. The van der Waals surface area contributed by atoms with Crippen LogP contribution in [0.5, 0.6) is 0 Å². The molecule has 0 radical (unpaired) electrons. The first-order valence-electron chi connectivity index (χ1n) is 7.77. The van der Waals surface area contributed by atoms with Crippen molar-refractivity contribution in [3.05, 3.63) is 58.1 Å². The Morgan fingerprint density at radius 1 is 1.12 bits per heavy atom. The van der Waals surface area contributed by atoms with Gasteiger partial charge in [-0.1, -0.05) is 12.1 Å². The third-order valence-corrected chi connectivity index (χ3v) is 4.76. The normalized spacial score (nSPS) is 21.6. The van der Waals surface area contributed by atoms with Crippen molar-refractivity contribution < 1.29 is 9.90 Å². The molecular weight excluding hydrogens is 330 g/mol. The van der Waals surface area contributed by atoms with E-state index >= 15 is 0 Å². The number of piperidine rings is 1. The molecule has 1 fully saturated rings. The van der Waals surface area contributed by atoms with Crippen LogP contribution in [0.3, 0.4) is 0 Å². The number of aromatic carboxylic acids is 1. The van der Waals surface area contributed by atoms with Crippen molar-refractivity contribution in [2.75, 3.05) is 18.0 Å². The first kappa shape index (κ1) is 16.5. The van der Waals surface area contributed by atoms with Crippen molar-refractivity contribution in [2.45, 2.75) is 18.9 Å². The Labute approximate surface area is 145 Å². The summed E-state index contributed by atoms with van der Waals surface area (Å²) < 4.78 is 1.89. The van der Waals surface area contributed by atoms with Crippen molar-refractivity contribution in [2.24, 2.45) is 5.92 Å². The fourth-order valence-corrected chi connectivity index (χ4v) is 3.80. The molecule has 2 bridgehead atoms. The highest BCUT2D eigenvalue weighted by molar-refractivity contribution is 5.86. The number of aromatic nitrogens is 2. The smallest absolute Gasteiger partial charge is 0.354 e. The van der Waals surface area contributed by atoms with Crippen LogP contribution in [0, 0.1) is 5.92 Å². The number of halogens is 1. The van der Waals surface area contributed by atoms with Gasteiger partial charge in [-0.2, -0.15) is 0 Å². The van der Waals surface area contributed by atoms with Gasteiger partial charge < -0.3 is 14.6 Å². The maximum atomic E-state index is 12.0. The third-order valence-electron chi connectivity index (χ3n) is 4.76. The van der Waals surface area contributed by atoms with E-state index in [1.165, 1.54) is 6.07 Å². The minimum absolute atomic E-state index is 0. The topological polar surface area (TPSA) is 75.4 Å². The highest BCUT2D eigenvalue weighted by atomic mass is 35.5. The van der Waals surface area contributed by atoms with E-state index in [2.05, 4.69) is 9.88 Å². The van der Waals surface area contributed by atoms with Crippen LogP contribution in [-0.4, -0.2) is 33.7 Å². The lowest BCUT2D eigenvalue weighted by Gasteiger charge is -2.43. The predicted molar refractivity (Wildman–Crippen MR) is 92.2 cm³/mol. The van der Waals surface area contributed by atoms with E-state index in [-0.39, 0.29) is 29.6 Å². The van der Waals surface area contributed by atoms with Crippen molar-refractivity contribution in [1.29, 1.82) is 0 Å². The van der Waals surface area contributed by atoms with Crippen LogP contribution in [0.25, 0.3) is 0 Å². The number of carbonyl (C=O) groups is 1. The Hall–Kier alpha value is -2.34. The molecule has 0 aliphatic carbocycles. The lowest BCUT2D eigenvalue weighted by molar-refractivity contribution is 0.0690. The number of carboxylic acid groups (broad SMARTS) is 1. The van der Waals surface area contributed by atoms with E-state index in [0.717, 1.165) is 31.7 Å². The van der Waals surface area contributed by atoms with Crippen LogP contribution >= 0.6 is 12.4 Å². The molecule has 4 heterocycles. The van der Waals surface area contributed by atoms with Gasteiger partial charge in [-0.3, -0.25) is 4.79 Å². The molecule has 1 N–H and O–H groups in total. The highest BCUT2D eigenvalue weighted by Gasteiger charge is 2.35. The molecule has 0 amide bonds. The zero-order valence-electron chi connectivity index (χ0n) is 13.0. The molecule has 0 spiro atoms. The van der Waals surface area contributed by atoms with Crippen LogP contribution in [0.2, 0.25) is 0 Å². The van der Waals surface area contributed by atoms with Gasteiger partial charge in [0, 0.05) is 37.3 Å². The van der Waals surface area contributed by atoms with E-state index in [0.29, 0.717) is 11.7 Å². The summed E-state index contributed by atoms with van der Waals surface area (Å²) >= 11 is 0. The minimum Gasteiger partial charge on any atom is -0.477 e. The number of fused-ring (bicyclic) bond motifs is 4. The first-order valence-corrected chi connectivity index (χ1v) is 7.77. The number of anilines is 1. The summed E-state index contributed by atoms with van der Waals surface area (Å²) in [5.41, 5.74) is 1.21. The van der Waals surface area contributed by atoms with Gasteiger partial charge in [0.05, 0.1) is 0 Å². The zero-order chi connectivity index (χ0) is 16.0. The van der Waals surface area contributed by atoms with Crippen LogP contribution in [0.1, 0.15) is 28.5 Å². The second kappa shape index (κ2) is 6.28. The second-order valence-corrected chi connectivity index (χ2v) is 6.29. The van der Waals surface area contributed by atoms with Crippen molar-refractivity contribution in [3.63, 3.8) is 0 Å². The summed E-state index contributed by atoms with van der Waals surface area (Å²) in [5, 5.41) is 9.11. The van der Waals surface area contributed by atoms with Crippen LogP contribution < -0.4 is 10.5 Å². The Bertz CT molecular complexity index is 836. The van der Waals surface area contributed by atoms with Gasteiger partial charge in [0.1, 0.15) is 5.82 Å². The van der Waals surface area contributed by atoms with Crippen LogP contribution in [0.4, 0.5) is 5.82 Å². The van der Waals surface area contributed by atoms with E-state index in [1.54, 1.807) is 12.1 Å². The summed E-state index contributed by atoms with van der Waals surface area (Å²) in [6, 6.07) is 10.5. The van der Waals surface area contributed by atoms with Crippen molar-refractivity contribution in [3.8, 4) is 0 Å². The molecule has 2 atom stereocenters. The minimum atomic E-state index is -1.01. The molecular formula is C17H18ClN3O3. The number of hydrogen-bond acceptors (Lipinski definition) is 4. The van der Waals surface area contributed by atoms with Crippen molar-refractivity contribution in [1.82, 2.24) is 9.55 Å². The molecule has 4 rings (SSSR count). The van der Waals surface area contributed by atoms with E-state index in [9.17, 15) is 9.59 Å². The average Bonchev–Trinajstić information content (AvgIpc) is 2.56.